The van der Waals surface area contributed by atoms with Gasteiger partial charge in [-0.1, -0.05) is 25.1 Å². The van der Waals surface area contributed by atoms with E-state index in [-0.39, 0.29) is 5.91 Å². The van der Waals surface area contributed by atoms with Crippen LogP contribution in [0.3, 0.4) is 0 Å². The molecule has 0 fully saturated rings. The van der Waals surface area contributed by atoms with Crippen LogP contribution in [0.15, 0.2) is 42.9 Å². The average molecular weight is 361 g/mol. The molecule has 1 atom stereocenters. The van der Waals surface area contributed by atoms with Crippen LogP contribution in [0.5, 0.6) is 0 Å². The summed E-state index contributed by atoms with van der Waals surface area (Å²) in [6.45, 7) is 3.34. The Morgan fingerprint density at radius 3 is 2.96 bits per heavy atom. The van der Waals surface area contributed by atoms with Gasteiger partial charge in [0, 0.05) is 36.6 Å². The maximum Gasteiger partial charge on any atom is 0.252 e. The lowest BCUT2D eigenvalue weighted by Gasteiger charge is -2.24. The summed E-state index contributed by atoms with van der Waals surface area (Å²) in [4.78, 5) is 26.1. The first kappa shape index (κ1) is 17.4. The van der Waals surface area contributed by atoms with Gasteiger partial charge in [-0.05, 0) is 36.8 Å². The van der Waals surface area contributed by atoms with E-state index in [0.717, 1.165) is 47.0 Å². The van der Waals surface area contributed by atoms with Crippen molar-refractivity contribution < 1.29 is 4.79 Å². The minimum atomic E-state index is -0.0279. The highest BCUT2D eigenvalue weighted by molar-refractivity contribution is 6.07. The molecule has 2 aromatic heterocycles. The molecule has 2 N–H and O–H groups in total. The number of nitrogens with one attached hydrogen (secondary N) is 2. The van der Waals surface area contributed by atoms with Crippen LogP contribution in [-0.4, -0.2) is 33.9 Å². The van der Waals surface area contributed by atoms with Crippen LogP contribution in [0, 0.1) is 5.92 Å². The zero-order valence-corrected chi connectivity index (χ0v) is 15.4. The minimum absolute atomic E-state index is 0.0279. The van der Waals surface area contributed by atoms with Gasteiger partial charge in [0.05, 0.1) is 17.3 Å². The molecule has 6 nitrogen and oxygen atoms in total. The van der Waals surface area contributed by atoms with Crippen molar-refractivity contribution in [1.82, 2.24) is 20.3 Å². The maximum atomic E-state index is 13.1. The van der Waals surface area contributed by atoms with E-state index < -0.39 is 0 Å². The van der Waals surface area contributed by atoms with E-state index in [1.54, 1.807) is 18.6 Å². The van der Waals surface area contributed by atoms with E-state index in [2.05, 4.69) is 27.5 Å². The quantitative estimate of drug-likeness (QED) is 0.683. The molecular weight excluding hydrogens is 338 g/mol. The number of hydrogen-bond acceptors (Lipinski definition) is 5. The smallest absolute Gasteiger partial charge is 0.252 e. The number of pyridine rings is 1. The summed E-state index contributed by atoms with van der Waals surface area (Å²) in [5.74, 6) is 1.25. The topological polar surface area (TPSA) is 79.8 Å². The van der Waals surface area contributed by atoms with Crippen LogP contribution in [0.4, 0.5) is 5.82 Å². The highest BCUT2D eigenvalue weighted by Gasteiger charge is 2.25. The molecule has 1 amide bonds. The van der Waals surface area contributed by atoms with Crippen molar-refractivity contribution in [1.29, 1.82) is 0 Å². The lowest BCUT2D eigenvalue weighted by atomic mass is 9.84. The Bertz CT molecular complexity index is 957. The zero-order valence-electron chi connectivity index (χ0n) is 15.4. The van der Waals surface area contributed by atoms with Crippen molar-refractivity contribution in [2.45, 2.75) is 26.2 Å². The van der Waals surface area contributed by atoms with Crippen LogP contribution in [0.1, 0.15) is 35.0 Å². The second-order valence-electron chi connectivity index (χ2n) is 7.05. The number of fused-ring (bicyclic) bond motifs is 2. The first-order chi connectivity index (χ1) is 13.2. The van der Waals surface area contributed by atoms with Crippen molar-refractivity contribution in [2.75, 3.05) is 18.4 Å². The van der Waals surface area contributed by atoms with Crippen molar-refractivity contribution in [3.05, 3.63) is 59.7 Å². The largest absolute Gasteiger partial charge is 0.367 e. The van der Waals surface area contributed by atoms with E-state index in [9.17, 15) is 4.79 Å². The molecule has 1 aliphatic rings. The van der Waals surface area contributed by atoms with Crippen molar-refractivity contribution in [2.24, 2.45) is 5.92 Å². The molecule has 3 aromatic rings. The number of nitrogens with zero attached hydrogens (tertiary/aromatic N) is 3. The molecule has 6 heteroatoms. The van der Waals surface area contributed by atoms with Crippen molar-refractivity contribution >= 4 is 22.6 Å². The van der Waals surface area contributed by atoms with Crippen LogP contribution >= 0.6 is 0 Å². The van der Waals surface area contributed by atoms with Gasteiger partial charge in [0.25, 0.3) is 5.91 Å². The summed E-state index contributed by atoms with van der Waals surface area (Å²) in [5.41, 5.74) is 3.89. The SMILES string of the molecule is C[C@@H]1CCc2nc3ccccc3c(C(=O)NCCNc3cnccn3)c2C1. The number of carbonyl (C=O) groups is 1. The first-order valence-corrected chi connectivity index (χ1v) is 9.41. The molecule has 2 heterocycles. The summed E-state index contributed by atoms with van der Waals surface area (Å²) < 4.78 is 0. The predicted octanol–water partition coefficient (Wildman–Crippen LogP) is 2.99. The lowest BCUT2D eigenvalue weighted by molar-refractivity contribution is 0.0955. The number of rotatable bonds is 5. The fourth-order valence-corrected chi connectivity index (χ4v) is 3.67. The van der Waals surface area contributed by atoms with Gasteiger partial charge < -0.3 is 10.6 Å². The van der Waals surface area contributed by atoms with Gasteiger partial charge in [-0.15, -0.1) is 0 Å². The molecule has 0 saturated carbocycles. The number of amides is 1. The summed E-state index contributed by atoms with van der Waals surface area (Å²) in [6, 6.07) is 7.92. The Balaban J connectivity index is 1.54. The van der Waals surface area contributed by atoms with Gasteiger partial charge >= 0.3 is 0 Å². The van der Waals surface area contributed by atoms with E-state index >= 15 is 0 Å². The highest BCUT2D eigenvalue weighted by Crippen LogP contribution is 2.31. The Kier molecular flexibility index (Phi) is 4.96. The van der Waals surface area contributed by atoms with E-state index in [0.29, 0.717) is 24.8 Å². The van der Waals surface area contributed by atoms with E-state index in [4.69, 9.17) is 4.98 Å². The molecule has 1 aromatic carbocycles. The first-order valence-electron chi connectivity index (χ1n) is 9.41. The Labute approximate surface area is 158 Å². The predicted molar refractivity (Wildman–Crippen MR) is 106 cm³/mol. The second-order valence-corrected chi connectivity index (χ2v) is 7.05. The van der Waals surface area contributed by atoms with Gasteiger partial charge in [0.2, 0.25) is 0 Å². The number of hydrogen-bond donors (Lipinski definition) is 2. The molecule has 1 aliphatic carbocycles. The third-order valence-electron chi connectivity index (χ3n) is 5.01. The van der Waals surface area contributed by atoms with Gasteiger partial charge in [-0.25, -0.2) is 4.98 Å². The summed E-state index contributed by atoms with van der Waals surface area (Å²) in [7, 11) is 0. The number of para-hydroxylation sites is 1. The molecule has 0 bridgehead atoms. The Morgan fingerprint density at radius 1 is 1.22 bits per heavy atom. The molecule has 0 aliphatic heterocycles. The minimum Gasteiger partial charge on any atom is -0.367 e. The van der Waals surface area contributed by atoms with E-state index in [1.165, 1.54) is 0 Å². The molecule has 4 rings (SSSR count). The van der Waals surface area contributed by atoms with Crippen molar-refractivity contribution in [3.63, 3.8) is 0 Å². The van der Waals surface area contributed by atoms with Gasteiger partial charge in [-0.2, -0.15) is 0 Å². The number of aromatic nitrogens is 3. The molecular formula is C21H23N5O. The molecule has 0 radical (unpaired) electrons. The normalized spacial score (nSPS) is 16.0. The van der Waals surface area contributed by atoms with Crippen molar-refractivity contribution in [3.8, 4) is 0 Å². The lowest BCUT2D eigenvalue weighted by Crippen LogP contribution is -2.31. The maximum absolute atomic E-state index is 13.1. The summed E-state index contributed by atoms with van der Waals surface area (Å²) >= 11 is 0. The molecule has 0 saturated heterocycles. The van der Waals surface area contributed by atoms with Crippen LogP contribution in [0.25, 0.3) is 10.9 Å². The fraction of sp³-hybridized carbons (Fsp3) is 0.333. The van der Waals surface area contributed by atoms with Crippen LogP contribution in [0.2, 0.25) is 0 Å². The second kappa shape index (κ2) is 7.70. The molecule has 0 spiro atoms. The third kappa shape index (κ3) is 3.74. The Morgan fingerprint density at radius 2 is 2.11 bits per heavy atom. The van der Waals surface area contributed by atoms with Gasteiger partial charge in [0.15, 0.2) is 0 Å². The third-order valence-corrected chi connectivity index (χ3v) is 5.01. The van der Waals surface area contributed by atoms with Crippen LogP contribution in [-0.2, 0) is 12.8 Å². The number of carbonyl (C=O) groups excluding carboxylic acids is 1. The van der Waals surface area contributed by atoms with Gasteiger partial charge in [0.1, 0.15) is 5.82 Å². The van der Waals surface area contributed by atoms with Gasteiger partial charge in [-0.3, -0.25) is 14.8 Å². The molecule has 0 unspecified atom stereocenters. The average Bonchev–Trinajstić information content (AvgIpc) is 2.70. The molecule has 138 valence electrons. The highest BCUT2D eigenvalue weighted by atomic mass is 16.1. The molecule has 27 heavy (non-hydrogen) atoms. The number of anilines is 1. The number of aryl methyl sites for hydroxylation is 1. The monoisotopic (exact) mass is 361 g/mol. The number of benzene rings is 1. The fourth-order valence-electron chi connectivity index (χ4n) is 3.67. The van der Waals surface area contributed by atoms with E-state index in [1.807, 2.05) is 24.3 Å². The summed E-state index contributed by atoms with van der Waals surface area (Å²) in [5, 5.41) is 7.14. The zero-order chi connectivity index (χ0) is 18.6. The Hall–Kier alpha value is -3.02. The standard InChI is InChI=1S/C21H23N5O/c1-14-6-7-18-16(12-14)20(15-4-2-3-5-17(15)26-18)21(27)25-11-10-24-19-13-22-8-9-23-19/h2-5,8-9,13-14H,6-7,10-12H2,1H3,(H,23,24)(H,25,27)/t14-/m1/s1. The van der Waals surface area contributed by atoms with Crippen LogP contribution < -0.4 is 10.6 Å². The summed E-state index contributed by atoms with van der Waals surface area (Å²) in [6.07, 6.45) is 7.91.